The van der Waals surface area contributed by atoms with E-state index in [2.05, 4.69) is 269 Å². The Bertz CT molecular complexity index is 5020. The average molecular weight is 995 g/mol. The number of oxazole rings is 1. The summed E-state index contributed by atoms with van der Waals surface area (Å²) < 4.78 is 8.61. The highest BCUT2D eigenvalue weighted by molar-refractivity contribution is 6.18. The second-order valence-electron chi connectivity index (χ2n) is 20.3. The maximum atomic E-state index is 6.23. The summed E-state index contributed by atoms with van der Waals surface area (Å²) in [6, 6.07) is 101. The molecule has 0 radical (unpaired) electrons. The van der Waals surface area contributed by atoms with Gasteiger partial charge in [0.2, 0.25) is 5.89 Å². The van der Waals surface area contributed by atoms with E-state index in [1.165, 1.54) is 75.7 Å². The lowest BCUT2D eigenvalue weighted by molar-refractivity contribution is 0.620. The molecule has 0 saturated heterocycles. The maximum Gasteiger partial charge on any atom is 0.227 e. The summed E-state index contributed by atoms with van der Waals surface area (Å²) >= 11 is 0. The Morgan fingerprint density at radius 1 is 0.295 bits per heavy atom. The molecule has 2 heterocycles. The number of benzene rings is 14. The molecule has 0 unspecified atom stereocenters. The molecular weight excluding hydrogens is 949 g/mol. The van der Waals surface area contributed by atoms with Crippen molar-refractivity contribution in [1.29, 1.82) is 0 Å². The molecule has 0 amide bonds. The van der Waals surface area contributed by atoms with Gasteiger partial charge in [0.05, 0.1) is 22.4 Å². The zero-order chi connectivity index (χ0) is 51.3. The van der Waals surface area contributed by atoms with Crippen molar-refractivity contribution < 1.29 is 4.42 Å². The van der Waals surface area contributed by atoms with Crippen LogP contribution in [-0.4, -0.2) is 9.55 Å². The minimum absolute atomic E-state index is 0.605. The van der Waals surface area contributed by atoms with Gasteiger partial charge >= 0.3 is 0 Å². The fourth-order valence-corrected chi connectivity index (χ4v) is 12.3. The van der Waals surface area contributed by atoms with Gasteiger partial charge in [-0.25, -0.2) is 4.98 Å². The molecule has 0 bridgehead atoms. The molecule has 2 aromatic heterocycles. The molecule has 14 aromatic carbocycles. The highest BCUT2D eigenvalue weighted by atomic mass is 16.3. The second-order valence-corrected chi connectivity index (χ2v) is 20.3. The van der Waals surface area contributed by atoms with Gasteiger partial charge in [-0.1, -0.05) is 170 Å². The Hall–Kier alpha value is -10.5. The predicted octanol–water partition coefficient (Wildman–Crippen LogP) is 20.5. The molecular formula is C73H46N4O. The Balaban J connectivity index is 0.861. The van der Waals surface area contributed by atoms with Gasteiger partial charge in [0.25, 0.3) is 0 Å². The zero-order valence-electron chi connectivity index (χ0n) is 42.3. The topological polar surface area (TPSA) is 37.4 Å². The average Bonchev–Trinajstić information content (AvgIpc) is 4.19. The van der Waals surface area contributed by atoms with Crippen molar-refractivity contribution in [3.05, 3.63) is 279 Å². The van der Waals surface area contributed by atoms with Crippen LogP contribution in [0.5, 0.6) is 0 Å². The van der Waals surface area contributed by atoms with Crippen molar-refractivity contribution in [2.24, 2.45) is 0 Å². The van der Waals surface area contributed by atoms with E-state index in [1.807, 2.05) is 24.3 Å². The van der Waals surface area contributed by atoms with Gasteiger partial charge in [-0.2, -0.15) is 0 Å². The third-order valence-corrected chi connectivity index (χ3v) is 15.9. The minimum Gasteiger partial charge on any atom is -0.436 e. The standard InChI is InChI=1S/C73H46N4O/c1-2-18-52(19-3-1)77-68-28-14-12-26-65(68)66-46-56(38-41-69(66)77)76(71-45-49-17-5-7-21-58(49)62-23-9-11-25-64(62)71)55-37-40-60-51(43-55)31-30-50-42-54(36-39-59(50)60)75(70-44-48-16-4-6-20-57(48)61-22-8-10-24-63(61)70)53-34-32-47(33-35-53)73-74-67-27-13-15-29-72(67)78-73/h1-46H. The summed E-state index contributed by atoms with van der Waals surface area (Å²) in [7, 11) is 0. The van der Waals surface area contributed by atoms with E-state index >= 15 is 0 Å². The van der Waals surface area contributed by atoms with Crippen LogP contribution in [0.25, 0.3) is 115 Å². The van der Waals surface area contributed by atoms with Gasteiger partial charge in [-0.3, -0.25) is 0 Å². The maximum absolute atomic E-state index is 6.23. The predicted molar refractivity (Wildman–Crippen MR) is 328 cm³/mol. The van der Waals surface area contributed by atoms with Crippen LogP contribution in [0.2, 0.25) is 0 Å². The van der Waals surface area contributed by atoms with Crippen LogP contribution in [0, 0.1) is 0 Å². The number of rotatable bonds is 8. The highest BCUT2D eigenvalue weighted by Gasteiger charge is 2.23. The van der Waals surface area contributed by atoms with Gasteiger partial charge in [-0.15, -0.1) is 0 Å². The van der Waals surface area contributed by atoms with Crippen LogP contribution >= 0.6 is 0 Å². The lowest BCUT2D eigenvalue weighted by atomic mass is 9.97. The number of hydrogen-bond acceptors (Lipinski definition) is 4. The summed E-state index contributed by atoms with van der Waals surface area (Å²) in [5.74, 6) is 0.605. The first-order valence-electron chi connectivity index (χ1n) is 26.6. The van der Waals surface area contributed by atoms with Crippen LogP contribution in [0.3, 0.4) is 0 Å². The third-order valence-electron chi connectivity index (χ3n) is 15.9. The Morgan fingerprint density at radius 3 is 1.37 bits per heavy atom. The van der Waals surface area contributed by atoms with Crippen LogP contribution in [0.1, 0.15) is 0 Å². The molecule has 364 valence electrons. The Labute approximate surface area is 449 Å². The molecule has 5 heteroatoms. The number of anilines is 6. The van der Waals surface area contributed by atoms with Gasteiger partial charge in [0, 0.05) is 55.5 Å². The summed E-state index contributed by atoms with van der Waals surface area (Å²) in [5.41, 5.74) is 12.5. The SMILES string of the molecule is c1ccc(-n2c3ccccc3c3cc(N(c4ccc5c(ccc6cc(N(c7ccc(-c8nc9ccccc9o8)cc7)c7cc8ccccc8c8ccccc78)ccc65)c4)c4cc5ccccc5c5ccccc45)ccc32)cc1. The van der Waals surface area contributed by atoms with Crippen molar-refractivity contribution in [1.82, 2.24) is 9.55 Å². The zero-order valence-corrected chi connectivity index (χ0v) is 42.3. The molecule has 0 spiro atoms. The van der Waals surface area contributed by atoms with Crippen molar-refractivity contribution in [2.75, 3.05) is 9.80 Å². The summed E-state index contributed by atoms with van der Waals surface area (Å²) in [4.78, 5) is 9.69. The number of fused-ring (bicyclic) bond motifs is 13. The summed E-state index contributed by atoms with van der Waals surface area (Å²) in [6.45, 7) is 0. The lowest BCUT2D eigenvalue weighted by Gasteiger charge is -2.28. The Kier molecular flexibility index (Phi) is 9.87. The van der Waals surface area contributed by atoms with E-state index in [4.69, 9.17) is 9.40 Å². The number of aromatic nitrogens is 2. The monoisotopic (exact) mass is 994 g/mol. The molecule has 16 rings (SSSR count). The van der Waals surface area contributed by atoms with Crippen molar-refractivity contribution in [3.8, 4) is 17.1 Å². The minimum atomic E-state index is 0.605. The molecule has 5 nitrogen and oxygen atoms in total. The molecule has 0 aliphatic heterocycles. The number of hydrogen-bond donors (Lipinski definition) is 0. The first-order chi connectivity index (χ1) is 38.7. The number of nitrogens with zero attached hydrogens (tertiary/aromatic N) is 4. The van der Waals surface area contributed by atoms with E-state index in [1.54, 1.807) is 0 Å². The van der Waals surface area contributed by atoms with Crippen molar-refractivity contribution in [3.63, 3.8) is 0 Å². The molecule has 0 saturated carbocycles. The number of para-hydroxylation sites is 4. The smallest absolute Gasteiger partial charge is 0.227 e. The fourth-order valence-electron chi connectivity index (χ4n) is 12.3. The van der Waals surface area contributed by atoms with Crippen LogP contribution in [-0.2, 0) is 0 Å². The second kappa shape index (κ2) is 17.6. The van der Waals surface area contributed by atoms with Crippen molar-refractivity contribution in [2.45, 2.75) is 0 Å². The van der Waals surface area contributed by atoms with Crippen molar-refractivity contribution >= 4 is 132 Å². The molecule has 0 atom stereocenters. The molecule has 0 N–H and O–H groups in total. The molecule has 78 heavy (non-hydrogen) atoms. The van der Waals surface area contributed by atoms with Crippen LogP contribution in [0.4, 0.5) is 34.1 Å². The van der Waals surface area contributed by atoms with E-state index in [9.17, 15) is 0 Å². The molecule has 16 aromatic rings. The van der Waals surface area contributed by atoms with E-state index < -0.39 is 0 Å². The largest absolute Gasteiger partial charge is 0.436 e. The molecule has 0 aliphatic rings. The molecule has 0 aliphatic carbocycles. The highest BCUT2D eigenvalue weighted by Crippen LogP contribution is 2.47. The summed E-state index contributed by atoms with van der Waals surface area (Å²) in [6.07, 6.45) is 0. The summed E-state index contributed by atoms with van der Waals surface area (Å²) in [5, 5.41) is 16.8. The van der Waals surface area contributed by atoms with Gasteiger partial charge in [-0.05, 0) is 163 Å². The fraction of sp³-hybridized carbons (Fsp3) is 0. The third kappa shape index (κ3) is 6.99. The lowest BCUT2D eigenvalue weighted by Crippen LogP contribution is -2.11. The van der Waals surface area contributed by atoms with E-state index in [0.717, 1.165) is 67.2 Å². The van der Waals surface area contributed by atoms with Gasteiger partial charge in [0.15, 0.2) is 5.58 Å². The van der Waals surface area contributed by atoms with E-state index in [-0.39, 0.29) is 0 Å². The van der Waals surface area contributed by atoms with Crippen LogP contribution < -0.4 is 9.80 Å². The van der Waals surface area contributed by atoms with E-state index in [0.29, 0.717) is 5.89 Å². The first-order valence-corrected chi connectivity index (χ1v) is 26.6. The van der Waals surface area contributed by atoms with Gasteiger partial charge < -0.3 is 18.8 Å². The van der Waals surface area contributed by atoms with Gasteiger partial charge in [0.1, 0.15) is 5.52 Å². The molecule has 0 fully saturated rings. The van der Waals surface area contributed by atoms with Crippen LogP contribution in [0.15, 0.2) is 283 Å². The normalized spacial score (nSPS) is 11.8. The first kappa shape index (κ1) is 43.9. The quantitative estimate of drug-likeness (QED) is 0.142. The Morgan fingerprint density at radius 2 is 0.744 bits per heavy atom.